The second-order valence-electron chi connectivity index (χ2n) is 4.28. The predicted octanol–water partition coefficient (Wildman–Crippen LogP) is 2.60. The summed E-state index contributed by atoms with van der Waals surface area (Å²) < 4.78 is 39.2. The quantitative estimate of drug-likeness (QED) is 0.863. The number of nitrogens with one attached hydrogen (secondary N) is 1. The van der Waals surface area contributed by atoms with Crippen LogP contribution >= 0.6 is 11.6 Å². The van der Waals surface area contributed by atoms with Crippen molar-refractivity contribution in [2.75, 3.05) is 18.0 Å². The molecular formula is C12H12ClF3N2O. The fourth-order valence-corrected chi connectivity index (χ4v) is 2.23. The minimum absolute atomic E-state index is 0.0103. The van der Waals surface area contributed by atoms with E-state index in [2.05, 4.69) is 5.32 Å². The number of carbonyl (C=O) groups excluding carboxylic acids is 1. The van der Waals surface area contributed by atoms with E-state index >= 15 is 0 Å². The Hall–Kier alpha value is -1.43. The van der Waals surface area contributed by atoms with Crippen molar-refractivity contribution in [3.63, 3.8) is 0 Å². The zero-order valence-corrected chi connectivity index (χ0v) is 10.6. The van der Waals surface area contributed by atoms with Crippen LogP contribution < -0.4 is 10.2 Å². The fraction of sp³-hybridized carbons (Fsp3) is 0.417. The molecule has 3 nitrogen and oxygen atoms in total. The zero-order chi connectivity index (χ0) is 14.0. The van der Waals surface area contributed by atoms with Gasteiger partial charge >= 0.3 is 6.18 Å². The molecule has 0 saturated carbocycles. The molecule has 1 saturated heterocycles. The van der Waals surface area contributed by atoms with Gasteiger partial charge in [-0.15, -0.1) is 0 Å². The number of hydrogen-bond acceptors (Lipinski definition) is 2. The summed E-state index contributed by atoms with van der Waals surface area (Å²) in [6.07, 6.45) is -4.39. The molecule has 1 N–H and O–H groups in total. The van der Waals surface area contributed by atoms with Gasteiger partial charge in [0.1, 0.15) is 6.04 Å². The van der Waals surface area contributed by atoms with Gasteiger partial charge < -0.3 is 10.2 Å². The molecule has 1 aliphatic heterocycles. The maximum atomic E-state index is 13.1. The van der Waals surface area contributed by atoms with Crippen molar-refractivity contribution < 1.29 is 18.0 Å². The van der Waals surface area contributed by atoms with Gasteiger partial charge in [-0.05, 0) is 18.2 Å². The molecule has 0 spiro atoms. The van der Waals surface area contributed by atoms with Crippen LogP contribution in [0.25, 0.3) is 0 Å². The van der Waals surface area contributed by atoms with Crippen molar-refractivity contribution in [1.29, 1.82) is 0 Å². The number of rotatable bonds is 1. The lowest BCUT2D eigenvalue weighted by Gasteiger charge is -2.32. The van der Waals surface area contributed by atoms with Gasteiger partial charge in [-0.1, -0.05) is 17.7 Å². The highest BCUT2D eigenvalue weighted by molar-refractivity contribution is 6.30. The van der Waals surface area contributed by atoms with Gasteiger partial charge in [-0.25, -0.2) is 0 Å². The number of hydrogen-bond donors (Lipinski definition) is 1. The normalized spacial score (nSPS) is 20.9. The maximum Gasteiger partial charge on any atom is 0.410 e. The molecule has 104 valence electrons. The Morgan fingerprint density at radius 3 is 2.74 bits per heavy atom. The molecule has 0 aliphatic carbocycles. The van der Waals surface area contributed by atoms with Crippen molar-refractivity contribution in [3.8, 4) is 0 Å². The van der Waals surface area contributed by atoms with Crippen molar-refractivity contribution in [1.82, 2.24) is 5.32 Å². The molecule has 1 aliphatic rings. The van der Waals surface area contributed by atoms with Crippen LogP contribution in [0.1, 0.15) is 6.42 Å². The Labute approximate surface area is 113 Å². The largest absolute Gasteiger partial charge is 0.410 e. The summed E-state index contributed by atoms with van der Waals surface area (Å²) in [6.45, 7) is -0.439. The Morgan fingerprint density at radius 2 is 2.11 bits per heavy atom. The molecule has 1 atom stereocenters. The molecule has 1 amide bonds. The average molecular weight is 293 g/mol. The first-order valence-electron chi connectivity index (χ1n) is 5.73. The average Bonchev–Trinajstić information content (AvgIpc) is 2.50. The van der Waals surface area contributed by atoms with E-state index in [0.717, 1.165) is 0 Å². The third-order valence-electron chi connectivity index (χ3n) is 2.97. The van der Waals surface area contributed by atoms with Crippen LogP contribution in [0.15, 0.2) is 24.3 Å². The Morgan fingerprint density at radius 1 is 1.37 bits per heavy atom. The minimum Gasteiger partial charge on any atom is -0.358 e. The number of nitrogens with zero attached hydrogens (tertiary/aromatic N) is 1. The van der Waals surface area contributed by atoms with Gasteiger partial charge in [0.15, 0.2) is 0 Å². The summed E-state index contributed by atoms with van der Waals surface area (Å²) in [5.41, 5.74) is 0.367. The van der Waals surface area contributed by atoms with Gasteiger partial charge in [0.25, 0.3) is 0 Å². The lowest BCUT2D eigenvalue weighted by atomic mass is 10.2. The number of carbonyl (C=O) groups is 1. The molecule has 0 aromatic heterocycles. The summed E-state index contributed by atoms with van der Waals surface area (Å²) in [5.74, 6) is -0.376. The fourth-order valence-electron chi connectivity index (χ4n) is 2.04. The first-order chi connectivity index (χ1) is 8.88. The van der Waals surface area contributed by atoms with E-state index < -0.39 is 18.8 Å². The first kappa shape index (κ1) is 14.0. The number of halogens is 4. The van der Waals surface area contributed by atoms with E-state index in [0.29, 0.717) is 10.7 Å². The van der Waals surface area contributed by atoms with Crippen molar-refractivity contribution >= 4 is 23.2 Å². The highest BCUT2D eigenvalue weighted by Crippen LogP contribution is 2.31. The smallest absolute Gasteiger partial charge is 0.358 e. The molecule has 1 aromatic rings. The van der Waals surface area contributed by atoms with Crippen molar-refractivity contribution in [2.45, 2.75) is 18.6 Å². The van der Waals surface area contributed by atoms with Crippen LogP contribution in [0.5, 0.6) is 0 Å². The molecule has 7 heteroatoms. The molecular weight excluding hydrogens is 281 g/mol. The lowest BCUT2D eigenvalue weighted by molar-refractivity contribution is -0.147. The first-order valence-corrected chi connectivity index (χ1v) is 6.11. The topological polar surface area (TPSA) is 32.3 Å². The molecule has 2 rings (SSSR count). The van der Waals surface area contributed by atoms with Crippen LogP contribution in [-0.2, 0) is 4.79 Å². The van der Waals surface area contributed by atoms with Crippen LogP contribution in [0.2, 0.25) is 5.02 Å². The summed E-state index contributed by atoms with van der Waals surface area (Å²) in [4.78, 5) is 12.4. The van der Waals surface area contributed by atoms with E-state index in [1.165, 1.54) is 11.0 Å². The summed E-state index contributed by atoms with van der Waals surface area (Å²) >= 11 is 5.81. The third kappa shape index (κ3) is 3.32. The summed E-state index contributed by atoms with van der Waals surface area (Å²) in [6, 6.07) is 4.47. The standard InChI is InChI=1S/C12H12ClF3N2O/c13-8-2-1-3-9(6-8)18-5-4-11(19)17-7-10(18)12(14,15)16/h1-3,6,10H,4-5,7H2,(H,17,19). The molecule has 0 bridgehead atoms. The molecule has 0 radical (unpaired) electrons. The van der Waals surface area contributed by atoms with Crippen LogP contribution in [0.3, 0.4) is 0 Å². The summed E-state index contributed by atoms with van der Waals surface area (Å²) in [5, 5.41) is 2.64. The number of alkyl halides is 3. The number of anilines is 1. The van der Waals surface area contributed by atoms with Gasteiger partial charge in [-0.2, -0.15) is 13.2 Å². The van der Waals surface area contributed by atoms with Gasteiger partial charge in [0.2, 0.25) is 5.91 Å². The molecule has 19 heavy (non-hydrogen) atoms. The van der Waals surface area contributed by atoms with Crippen LogP contribution in [0, 0.1) is 0 Å². The molecule has 1 aromatic carbocycles. The van der Waals surface area contributed by atoms with E-state index in [1.54, 1.807) is 18.2 Å². The van der Waals surface area contributed by atoms with Gasteiger partial charge in [-0.3, -0.25) is 4.79 Å². The van der Waals surface area contributed by atoms with Crippen LogP contribution in [-0.4, -0.2) is 31.2 Å². The molecule has 1 heterocycles. The molecule has 1 unspecified atom stereocenters. The van der Waals surface area contributed by atoms with E-state index in [-0.39, 0.29) is 18.9 Å². The Kier molecular flexibility index (Phi) is 3.89. The lowest BCUT2D eigenvalue weighted by Crippen LogP contribution is -2.50. The minimum atomic E-state index is -4.42. The molecule has 1 fully saturated rings. The van der Waals surface area contributed by atoms with E-state index in [9.17, 15) is 18.0 Å². The van der Waals surface area contributed by atoms with Crippen molar-refractivity contribution in [3.05, 3.63) is 29.3 Å². The SMILES string of the molecule is O=C1CCN(c2cccc(Cl)c2)C(C(F)(F)F)CN1. The maximum absolute atomic E-state index is 13.1. The second kappa shape index (κ2) is 5.28. The van der Waals surface area contributed by atoms with Crippen molar-refractivity contribution in [2.24, 2.45) is 0 Å². The zero-order valence-electron chi connectivity index (χ0n) is 9.88. The predicted molar refractivity (Wildman–Crippen MR) is 66.3 cm³/mol. The number of benzene rings is 1. The highest BCUT2D eigenvalue weighted by Gasteiger charge is 2.45. The van der Waals surface area contributed by atoms with E-state index in [1.807, 2.05) is 0 Å². The van der Waals surface area contributed by atoms with Crippen LogP contribution in [0.4, 0.5) is 18.9 Å². The number of amides is 1. The second-order valence-corrected chi connectivity index (χ2v) is 4.72. The monoisotopic (exact) mass is 292 g/mol. The van der Waals surface area contributed by atoms with Gasteiger partial charge in [0.05, 0.1) is 0 Å². The summed E-state index contributed by atoms with van der Waals surface area (Å²) in [7, 11) is 0. The van der Waals surface area contributed by atoms with Gasteiger partial charge in [0, 0.05) is 30.2 Å². The van der Waals surface area contributed by atoms with E-state index in [4.69, 9.17) is 11.6 Å². The third-order valence-corrected chi connectivity index (χ3v) is 3.20. The highest BCUT2D eigenvalue weighted by atomic mass is 35.5. The Bertz CT molecular complexity index is 478. The Balaban J connectivity index is 2.34.